The number of aliphatic hydroxyl groups excluding tert-OH is 1. The summed E-state index contributed by atoms with van der Waals surface area (Å²) < 4.78 is 26.7. The quantitative estimate of drug-likeness (QED) is 0.715. The lowest BCUT2D eigenvalue weighted by Crippen LogP contribution is -2.35. The second kappa shape index (κ2) is 5.88. The number of benzene rings is 1. The molecule has 2 atom stereocenters. The van der Waals surface area contributed by atoms with Crippen molar-refractivity contribution in [3.05, 3.63) is 23.2 Å². The highest BCUT2D eigenvalue weighted by molar-refractivity contribution is 7.89. The predicted molar refractivity (Wildman–Crippen MR) is 71.9 cm³/mol. The lowest BCUT2D eigenvalue weighted by atomic mass is 10.2. The number of hydrogen-bond donors (Lipinski definition) is 3. The summed E-state index contributed by atoms with van der Waals surface area (Å²) in [7, 11) is -3.78. The van der Waals surface area contributed by atoms with Crippen molar-refractivity contribution >= 4 is 27.3 Å². The maximum atomic E-state index is 12.1. The highest BCUT2D eigenvalue weighted by Gasteiger charge is 2.23. The summed E-state index contributed by atoms with van der Waals surface area (Å²) in [6.07, 6.45) is -0.282. The maximum Gasteiger partial charge on any atom is 0.244 e. The molecule has 0 aliphatic rings. The minimum absolute atomic E-state index is 0.0757. The monoisotopic (exact) mass is 292 g/mol. The van der Waals surface area contributed by atoms with Gasteiger partial charge in [0, 0.05) is 6.04 Å². The van der Waals surface area contributed by atoms with Gasteiger partial charge in [-0.05, 0) is 32.4 Å². The molecule has 0 aliphatic heterocycles. The van der Waals surface area contributed by atoms with Gasteiger partial charge in [0.25, 0.3) is 0 Å². The predicted octanol–water partition coefficient (Wildman–Crippen LogP) is 1.36. The number of halogens is 1. The Bertz CT molecular complexity index is 497. The van der Waals surface area contributed by atoms with E-state index in [1.54, 1.807) is 19.9 Å². The second-order valence-corrected chi connectivity index (χ2v) is 6.32. The highest BCUT2D eigenvalue weighted by Crippen LogP contribution is 2.27. The molecular formula is C11H17ClN2O3S. The first-order valence-corrected chi connectivity index (χ1v) is 7.34. The SMILES string of the molecule is CC(O)CC(C)NS(=O)(=O)c1c(N)cccc1Cl. The van der Waals surface area contributed by atoms with Crippen LogP contribution in [0.4, 0.5) is 5.69 Å². The molecule has 7 heteroatoms. The summed E-state index contributed by atoms with van der Waals surface area (Å²) in [5.41, 5.74) is 5.73. The van der Waals surface area contributed by atoms with Crippen molar-refractivity contribution in [3.8, 4) is 0 Å². The highest BCUT2D eigenvalue weighted by atomic mass is 35.5. The fourth-order valence-electron chi connectivity index (χ4n) is 1.69. The van der Waals surface area contributed by atoms with Crippen LogP contribution in [-0.2, 0) is 10.0 Å². The molecule has 2 unspecified atom stereocenters. The molecule has 4 N–H and O–H groups in total. The van der Waals surface area contributed by atoms with Gasteiger partial charge >= 0.3 is 0 Å². The zero-order valence-corrected chi connectivity index (χ0v) is 11.8. The van der Waals surface area contributed by atoms with E-state index >= 15 is 0 Å². The van der Waals surface area contributed by atoms with Gasteiger partial charge < -0.3 is 10.8 Å². The Labute approximate surface area is 112 Å². The standard InChI is InChI=1S/C11H17ClN2O3S/c1-7(6-8(2)15)14-18(16,17)11-9(12)4-3-5-10(11)13/h3-5,7-8,14-15H,6,13H2,1-2H3. The van der Waals surface area contributed by atoms with E-state index in [2.05, 4.69) is 4.72 Å². The molecule has 0 saturated carbocycles. The van der Waals surface area contributed by atoms with Crippen LogP contribution in [0.2, 0.25) is 5.02 Å². The minimum Gasteiger partial charge on any atom is -0.398 e. The Hall–Kier alpha value is -0.820. The molecule has 102 valence electrons. The lowest BCUT2D eigenvalue weighted by molar-refractivity contribution is 0.175. The van der Waals surface area contributed by atoms with Crippen molar-refractivity contribution in [2.45, 2.75) is 37.3 Å². The zero-order valence-electron chi connectivity index (χ0n) is 10.2. The summed E-state index contributed by atoms with van der Waals surface area (Å²) >= 11 is 5.85. The topological polar surface area (TPSA) is 92.4 Å². The van der Waals surface area contributed by atoms with Gasteiger partial charge in [0.15, 0.2) is 0 Å². The Morgan fingerprint density at radius 3 is 2.56 bits per heavy atom. The average Bonchev–Trinajstić information content (AvgIpc) is 2.13. The lowest BCUT2D eigenvalue weighted by Gasteiger charge is -2.17. The maximum absolute atomic E-state index is 12.1. The Morgan fingerprint density at radius 2 is 2.06 bits per heavy atom. The minimum atomic E-state index is -3.78. The number of hydrogen-bond acceptors (Lipinski definition) is 4. The molecular weight excluding hydrogens is 276 g/mol. The molecule has 0 saturated heterocycles. The van der Waals surface area contributed by atoms with E-state index in [-0.39, 0.29) is 15.6 Å². The van der Waals surface area contributed by atoms with Crippen LogP contribution in [0.25, 0.3) is 0 Å². The molecule has 0 heterocycles. The molecule has 0 aromatic heterocycles. The number of sulfonamides is 1. The first kappa shape index (κ1) is 15.2. The third kappa shape index (κ3) is 3.84. The van der Waals surface area contributed by atoms with Crippen molar-refractivity contribution in [1.29, 1.82) is 0 Å². The Kier molecular flexibility index (Phi) is 4.98. The van der Waals surface area contributed by atoms with Crippen LogP contribution in [0.5, 0.6) is 0 Å². The van der Waals surface area contributed by atoms with Crippen molar-refractivity contribution in [3.63, 3.8) is 0 Å². The van der Waals surface area contributed by atoms with Gasteiger partial charge in [-0.1, -0.05) is 17.7 Å². The average molecular weight is 293 g/mol. The van der Waals surface area contributed by atoms with E-state index in [9.17, 15) is 13.5 Å². The van der Waals surface area contributed by atoms with Gasteiger partial charge in [0.1, 0.15) is 4.90 Å². The van der Waals surface area contributed by atoms with Crippen molar-refractivity contribution < 1.29 is 13.5 Å². The largest absolute Gasteiger partial charge is 0.398 e. The number of nitrogen functional groups attached to an aromatic ring is 1. The third-order valence-corrected chi connectivity index (χ3v) is 4.45. The van der Waals surface area contributed by atoms with Crippen LogP contribution in [0.15, 0.2) is 23.1 Å². The van der Waals surface area contributed by atoms with Crippen LogP contribution in [0, 0.1) is 0 Å². The van der Waals surface area contributed by atoms with E-state index in [0.29, 0.717) is 6.42 Å². The molecule has 18 heavy (non-hydrogen) atoms. The molecule has 0 amide bonds. The second-order valence-electron chi connectivity index (χ2n) is 4.27. The molecule has 0 fully saturated rings. The summed E-state index contributed by atoms with van der Waals surface area (Å²) in [5.74, 6) is 0. The molecule has 1 aromatic rings. The van der Waals surface area contributed by atoms with E-state index in [0.717, 1.165) is 0 Å². The number of rotatable bonds is 5. The number of aliphatic hydroxyl groups is 1. The fraction of sp³-hybridized carbons (Fsp3) is 0.455. The molecule has 0 bridgehead atoms. The van der Waals surface area contributed by atoms with Crippen LogP contribution in [0.1, 0.15) is 20.3 Å². The number of anilines is 1. The summed E-state index contributed by atoms with van der Waals surface area (Å²) in [4.78, 5) is -0.121. The molecule has 0 radical (unpaired) electrons. The van der Waals surface area contributed by atoms with Gasteiger partial charge in [0.05, 0.1) is 16.8 Å². The van der Waals surface area contributed by atoms with Crippen LogP contribution in [0.3, 0.4) is 0 Å². The van der Waals surface area contributed by atoms with E-state index < -0.39 is 22.2 Å². The van der Waals surface area contributed by atoms with Gasteiger partial charge in [-0.3, -0.25) is 0 Å². The number of nitrogens with one attached hydrogen (secondary N) is 1. The Morgan fingerprint density at radius 1 is 1.44 bits per heavy atom. The molecule has 0 spiro atoms. The normalized spacial score (nSPS) is 15.3. The summed E-state index contributed by atoms with van der Waals surface area (Å²) in [6.45, 7) is 3.26. The van der Waals surface area contributed by atoms with Crippen LogP contribution < -0.4 is 10.5 Å². The van der Waals surface area contributed by atoms with Crippen LogP contribution in [-0.4, -0.2) is 25.7 Å². The number of nitrogens with two attached hydrogens (primary N) is 1. The van der Waals surface area contributed by atoms with Gasteiger partial charge in [0.2, 0.25) is 10.0 Å². The summed E-state index contributed by atoms with van der Waals surface area (Å²) in [6, 6.07) is 4.10. The molecule has 1 aromatic carbocycles. The Balaban J connectivity index is 3.00. The van der Waals surface area contributed by atoms with Crippen molar-refractivity contribution in [1.82, 2.24) is 4.72 Å². The molecule has 0 aliphatic carbocycles. The zero-order chi connectivity index (χ0) is 13.9. The molecule has 5 nitrogen and oxygen atoms in total. The molecule has 1 rings (SSSR count). The third-order valence-electron chi connectivity index (χ3n) is 2.32. The first-order valence-electron chi connectivity index (χ1n) is 5.48. The summed E-state index contributed by atoms with van der Waals surface area (Å²) in [5, 5.41) is 9.29. The smallest absolute Gasteiger partial charge is 0.244 e. The van der Waals surface area contributed by atoms with E-state index in [1.807, 2.05) is 0 Å². The van der Waals surface area contributed by atoms with E-state index in [1.165, 1.54) is 12.1 Å². The van der Waals surface area contributed by atoms with E-state index in [4.69, 9.17) is 17.3 Å². The van der Waals surface area contributed by atoms with Gasteiger partial charge in [-0.2, -0.15) is 0 Å². The van der Waals surface area contributed by atoms with Gasteiger partial charge in [-0.15, -0.1) is 0 Å². The van der Waals surface area contributed by atoms with Crippen molar-refractivity contribution in [2.24, 2.45) is 0 Å². The fourth-order valence-corrected chi connectivity index (χ4v) is 3.63. The van der Waals surface area contributed by atoms with Crippen LogP contribution >= 0.6 is 11.6 Å². The van der Waals surface area contributed by atoms with Crippen molar-refractivity contribution in [2.75, 3.05) is 5.73 Å². The first-order chi connectivity index (χ1) is 8.24. The van der Waals surface area contributed by atoms with Gasteiger partial charge in [-0.25, -0.2) is 13.1 Å².